The molecule has 0 bridgehead atoms. The molecule has 0 spiro atoms. The van der Waals surface area contributed by atoms with Gasteiger partial charge in [-0.2, -0.15) is 0 Å². The molecule has 0 amide bonds. The van der Waals surface area contributed by atoms with Crippen LogP contribution in [0.5, 0.6) is 0 Å². The molecular weight excluding hydrogens is 222 g/mol. The van der Waals surface area contributed by atoms with E-state index in [0.29, 0.717) is 6.42 Å². The molecule has 0 heterocycles. The van der Waals surface area contributed by atoms with Gasteiger partial charge in [0.15, 0.2) is 0 Å². The Labute approximate surface area is 100 Å². The van der Waals surface area contributed by atoms with E-state index >= 15 is 0 Å². The minimum Gasteiger partial charge on any atom is -0.480 e. The molecule has 1 rings (SSSR count). The Morgan fingerprint density at radius 3 is 2.75 bits per heavy atom. The Hall–Kier alpha value is -1.16. The highest BCUT2D eigenvalue weighted by Gasteiger charge is 2.30. The molecule has 0 saturated heterocycles. The largest absolute Gasteiger partial charge is 0.480 e. The van der Waals surface area contributed by atoms with Crippen molar-refractivity contribution in [3.63, 3.8) is 0 Å². The first kappa shape index (κ1) is 12.9. The molecule has 0 radical (unpaired) electrons. The van der Waals surface area contributed by atoms with E-state index in [1.807, 2.05) is 37.4 Å². The maximum absolute atomic E-state index is 11.1. The van der Waals surface area contributed by atoms with Crippen molar-refractivity contribution < 1.29 is 9.90 Å². The molecule has 88 valence electrons. The number of nitrogens with one attached hydrogen (secondary N) is 1. The standard InChI is InChI=1S/C12H17NO2S/c1-4-12(2,11(14)15)13-9-6-5-7-10(8-9)16-3/h5-8,13H,4H2,1-3H3,(H,14,15). The van der Waals surface area contributed by atoms with E-state index in [0.717, 1.165) is 10.6 Å². The number of thioether (sulfide) groups is 1. The van der Waals surface area contributed by atoms with Crippen LogP contribution in [0.15, 0.2) is 29.2 Å². The van der Waals surface area contributed by atoms with Gasteiger partial charge in [0, 0.05) is 10.6 Å². The number of anilines is 1. The first-order valence-electron chi connectivity index (χ1n) is 5.17. The first-order valence-corrected chi connectivity index (χ1v) is 6.40. The Morgan fingerprint density at radius 1 is 1.56 bits per heavy atom. The predicted octanol–water partition coefficient (Wildman–Crippen LogP) is 3.07. The minimum absolute atomic E-state index is 0.534. The predicted molar refractivity (Wildman–Crippen MR) is 68.2 cm³/mol. The minimum atomic E-state index is -0.906. The number of hydrogen-bond donors (Lipinski definition) is 2. The zero-order valence-corrected chi connectivity index (χ0v) is 10.6. The zero-order valence-electron chi connectivity index (χ0n) is 9.78. The average molecular weight is 239 g/mol. The fraction of sp³-hybridized carbons (Fsp3) is 0.417. The van der Waals surface area contributed by atoms with Crippen LogP contribution < -0.4 is 5.32 Å². The van der Waals surface area contributed by atoms with Crippen molar-refractivity contribution in [2.75, 3.05) is 11.6 Å². The molecule has 0 saturated carbocycles. The van der Waals surface area contributed by atoms with Crippen LogP contribution in [0.1, 0.15) is 20.3 Å². The van der Waals surface area contributed by atoms with Gasteiger partial charge in [0.05, 0.1) is 0 Å². The molecule has 1 unspecified atom stereocenters. The second kappa shape index (κ2) is 5.25. The summed E-state index contributed by atoms with van der Waals surface area (Å²) in [6.07, 6.45) is 2.53. The molecular formula is C12H17NO2S. The highest BCUT2D eigenvalue weighted by atomic mass is 32.2. The van der Waals surface area contributed by atoms with E-state index in [4.69, 9.17) is 5.11 Å². The van der Waals surface area contributed by atoms with E-state index in [1.54, 1.807) is 18.7 Å². The topological polar surface area (TPSA) is 49.3 Å². The normalized spacial score (nSPS) is 14.2. The highest BCUT2D eigenvalue weighted by Crippen LogP contribution is 2.23. The van der Waals surface area contributed by atoms with Crippen LogP contribution >= 0.6 is 11.8 Å². The summed E-state index contributed by atoms with van der Waals surface area (Å²) in [7, 11) is 0. The first-order chi connectivity index (χ1) is 7.51. The Bertz CT molecular complexity index is 381. The summed E-state index contributed by atoms with van der Waals surface area (Å²) in [5.74, 6) is -0.829. The monoisotopic (exact) mass is 239 g/mol. The van der Waals surface area contributed by atoms with Crippen LogP contribution in [0.2, 0.25) is 0 Å². The molecule has 0 aliphatic heterocycles. The summed E-state index contributed by atoms with van der Waals surface area (Å²) in [6, 6.07) is 7.77. The van der Waals surface area contributed by atoms with Crippen LogP contribution in [-0.2, 0) is 4.79 Å². The molecule has 4 heteroatoms. The van der Waals surface area contributed by atoms with Crippen LogP contribution in [-0.4, -0.2) is 22.9 Å². The van der Waals surface area contributed by atoms with Gasteiger partial charge in [-0.3, -0.25) is 0 Å². The third-order valence-corrected chi connectivity index (χ3v) is 3.39. The lowest BCUT2D eigenvalue weighted by Gasteiger charge is -2.26. The van der Waals surface area contributed by atoms with Gasteiger partial charge in [-0.05, 0) is 37.8 Å². The molecule has 16 heavy (non-hydrogen) atoms. The van der Waals surface area contributed by atoms with Crippen molar-refractivity contribution in [2.24, 2.45) is 0 Å². The third kappa shape index (κ3) is 2.92. The maximum atomic E-state index is 11.1. The molecule has 0 aliphatic rings. The second-order valence-electron chi connectivity index (χ2n) is 3.85. The summed E-state index contributed by atoms with van der Waals surface area (Å²) in [6.45, 7) is 3.56. The molecule has 3 nitrogen and oxygen atoms in total. The van der Waals surface area contributed by atoms with Crippen molar-refractivity contribution in [1.29, 1.82) is 0 Å². The van der Waals surface area contributed by atoms with Gasteiger partial charge in [0.1, 0.15) is 5.54 Å². The lowest BCUT2D eigenvalue weighted by Crippen LogP contribution is -2.42. The molecule has 1 aromatic carbocycles. The van der Waals surface area contributed by atoms with Gasteiger partial charge >= 0.3 is 5.97 Å². The number of hydrogen-bond acceptors (Lipinski definition) is 3. The van der Waals surface area contributed by atoms with Crippen molar-refractivity contribution in [2.45, 2.75) is 30.7 Å². The average Bonchev–Trinajstić information content (AvgIpc) is 2.29. The van der Waals surface area contributed by atoms with Gasteiger partial charge in [-0.25, -0.2) is 4.79 Å². The lowest BCUT2D eigenvalue weighted by molar-refractivity contribution is -0.141. The molecule has 0 aliphatic carbocycles. The smallest absolute Gasteiger partial charge is 0.329 e. The quantitative estimate of drug-likeness (QED) is 0.775. The number of rotatable bonds is 5. The van der Waals surface area contributed by atoms with E-state index < -0.39 is 11.5 Å². The summed E-state index contributed by atoms with van der Waals surface area (Å²) in [4.78, 5) is 12.3. The van der Waals surface area contributed by atoms with Crippen molar-refractivity contribution >= 4 is 23.4 Å². The summed E-state index contributed by atoms with van der Waals surface area (Å²) in [5, 5.41) is 12.2. The summed E-state index contributed by atoms with van der Waals surface area (Å²) >= 11 is 1.64. The van der Waals surface area contributed by atoms with E-state index in [-0.39, 0.29) is 0 Å². The number of carboxylic acids is 1. The van der Waals surface area contributed by atoms with Crippen molar-refractivity contribution in [1.82, 2.24) is 0 Å². The second-order valence-corrected chi connectivity index (χ2v) is 4.73. The summed E-state index contributed by atoms with van der Waals surface area (Å²) < 4.78 is 0. The summed E-state index contributed by atoms with van der Waals surface area (Å²) in [5.41, 5.74) is -0.0598. The maximum Gasteiger partial charge on any atom is 0.329 e. The van der Waals surface area contributed by atoms with Crippen molar-refractivity contribution in [3.8, 4) is 0 Å². The Balaban J connectivity index is 2.90. The highest BCUT2D eigenvalue weighted by molar-refractivity contribution is 7.98. The SMILES string of the molecule is CCC(C)(Nc1cccc(SC)c1)C(=O)O. The third-order valence-electron chi connectivity index (χ3n) is 2.67. The van der Waals surface area contributed by atoms with Crippen molar-refractivity contribution in [3.05, 3.63) is 24.3 Å². The van der Waals surface area contributed by atoms with Crippen LogP contribution in [0.4, 0.5) is 5.69 Å². The zero-order chi connectivity index (χ0) is 12.2. The van der Waals surface area contributed by atoms with Crippen LogP contribution in [0, 0.1) is 0 Å². The van der Waals surface area contributed by atoms with E-state index in [9.17, 15) is 4.79 Å². The Morgan fingerprint density at radius 2 is 2.25 bits per heavy atom. The number of carboxylic acid groups (broad SMARTS) is 1. The molecule has 0 aromatic heterocycles. The van der Waals surface area contributed by atoms with E-state index in [1.165, 1.54) is 0 Å². The number of carbonyl (C=O) groups is 1. The fourth-order valence-corrected chi connectivity index (χ4v) is 1.77. The Kier molecular flexibility index (Phi) is 4.24. The molecule has 0 fully saturated rings. The van der Waals surface area contributed by atoms with Gasteiger partial charge in [0.25, 0.3) is 0 Å². The van der Waals surface area contributed by atoms with Crippen LogP contribution in [0.3, 0.4) is 0 Å². The molecule has 2 N–H and O–H groups in total. The van der Waals surface area contributed by atoms with E-state index in [2.05, 4.69) is 5.32 Å². The number of benzene rings is 1. The number of aliphatic carboxylic acids is 1. The lowest BCUT2D eigenvalue weighted by atomic mass is 9.99. The van der Waals surface area contributed by atoms with Crippen LogP contribution in [0.25, 0.3) is 0 Å². The van der Waals surface area contributed by atoms with Gasteiger partial charge in [0.2, 0.25) is 0 Å². The van der Waals surface area contributed by atoms with Gasteiger partial charge < -0.3 is 10.4 Å². The fourth-order valence-electron chi connectivity index (χ4n) is 1.31. The van der Waals surface area contributed by atoms with Gasteiger partial charge in [-0.15, -0.1) is 11.8 Å². The molecule has 1 aromatic rings. The van der Waals surface area contributed by atoms with Gasteiger partial charge in [-0.1, -0.05) is 13.0 Å². The molecule has 1 atom stereocenters.